The highest BCUT2D eigenvalue weighted by molar-refractivity contribution is 6.30. The summed E-state index contributed by atoms with van der Waals surface area (Å²) in [6.07, 6.45) is 3.33. The van der Waals surface area contributed by atoms with Crippen LogP contribution >= 0.6 is 23.2 Å². The molecule has 0 amide bonds. The molecule has 5 heteroatoms. The fourth-order valence-electron chi connectivity index (χ4n) is 1.26. The van der Waals surface area contributed by atoms with E-state index < -0.39 is 0 Å². The maximum Gasteiger partial charge on any atom is 0.171 e. The van der Waals surface area contributed by atoms with Gasteiger partial charge in [-0.3, -0.25) is 0 Å². The minimum absolute atomic E-state index is 0.347. The number of rotatable bonds is 2. The van der Waals surface area contributed by atoms with E-state index in [0.29, 0.717) is 10.2 Å². The fourth-order valence-corrected chi connectivity index (χ4v) is 1.57. The van der Waals surface area contributed by atoms with E-state index in [1.165, 1.54) is 0 Å². The summed E-state index contributed by atoms with van der Waals surface area (Å²) in [5.74, 6) is 0. The molecular formula is C10H7Cl2N3. The largest absolute Gasteiger partial charge is 0.219 e. The average molecular weight is 240 g/mol. The molecule has 0 spiro atoms. The van der Waals surface area contributed by atoms with Gasteiger partial charge in [-0.15, -0.1) is 5.10 Å². The van der Waals surface area contributed by atoms with Crippen molar-refractivity contribution in [2.75, 3.05) is 0 Å². The van der Waals surface area contributed by atoms with Crippen LogP contribution in [-0.4, -0.2) is 15.0 Å². The van der Waals surface area contributed by atoms with Crippen molar-refractivity contribution >= 4 is 29.3 Å². The number of benzene rings is 1. The Balaban J connectivity index is 2.57. The lowest BCUT2D eigenvalue weighted by Crippen LogP contribution is -1.97. The SMILES string of the molecule is C=Cc1cc(Cl)ccc1-n1cc(Cl)nn1. The van der Waals surface area contributed by atoms with Gasteiger partial charge in [0.1, 0.15) is 0 Å². The molecule has 0 N–H and O–H groups in total. The van der Waals surface area contributed by atoms with Crippen molar-refractivity contribution in [1.29, 1.82) is 0 Å². The van der Waals surface area contributed by atoms with E-state index in [4.69, 9.17) is 23.2 Å². The zero-order chi connectivity index (χ0) is 10.8. The van der Waals surface area contributed by atoms with E-state index in [-0.39, 0.29) is 0 Å². The molecule has 0 unspecified atom stereocenters. The first kappa shape index (κ1) is 10.2. The predicted molar refractivity (Wildman–Crippen MR) is 61.5 cm³/mol. The van der Waals surface area contributed by atoms with Crippen molar-refractivity contribution in [2.45, 2.75) is 0 Å². The number of nitrogens with zero attached hydrogens (tertiary/aromatic N) is 3. The maximum absolute atomic E-state index is 5.87. The second-order valence-electron chi connectivity index (χ2n) is 2.89. The van der Waals surface area contributed by atoms with Gasteiger partial charge < -0.3 is 0 Å². The third kappa shape index (κ3) is 2.03. The van der Waals surface area contributed by atoms with E-state index in [1.807, 2.05) is 6.07 Å². The molecule has 0 saturated carbocycles. The van der Waals surface area contributed by atoms with Gasteiger partial charge in [-0.25, -0.2) is 4.68 Å². The molecule has 0 aliphatic rings. The molecule has 0 bridgehead atoms. The Morgan fingerprint density at radius 2 is 2.13 bits per heavy atom. The number of hydrogen-bond acceptors (Lipinski definition) is 2. The molecule has 1 aromatic heterocycles. The Morgan fingerprint density at radius 1 is 1.33 bits per heavy atom. The highest BCUT2D eigenvalue weighted by atomic mass is 35.5. The first-order chi connectivity index (χ1) is 7.20. The summed E-state index contributed by atoms with van der Waals surface area (Å²) in [6.45, 7) is 3.71. The van der Waals surface area contributed by atoms with Gasteiger partial charge in [0.2, 0.25) is 0 Å². The summed E-state index contributed by atoms with van der Waals surface area (Å²) in [5, 5.41) is 8.57. The van der Waals surface area contributed by atoms with Crippen LogP contribution in [0.3, 0.4) is 0 Å². The van der Waals surface area contributed by atoms with E-state index in [1.54, 1.807) is 29.1 Å². The van der Waals surface area contributed by atoms with Gasteiger partial charge in [-0.1, -0.05) is 41.1 Å². The van der Waals surface area contributed by atoms with Gasteiger partial charge in [-0.2, -0.15) is 0 Å². The van der Waals surface area contributed by atoms with E-state index >= 15 is 0 Å². The Bertz CT molecular complexity index is 505. The first-order valence-electron chi connectivity index (χ1n) is 4.21. The molecule has 0 atom stereocenters. The predicted octanol–water partition coefficient (Wildman–Crippen LogP) is 3.22. The number of hydrogen-bond donors (Lipinski definition) is 0. The molecule has 2 rings (SSSR count). The fraction of sp³-hybridized carbons (Fsp3) is 0. The molecular weight excluding hydrogens is 233 g/mol. The van der Waals surface area contributed by atoms with Crippen molar-refractivity contribution in [3.8, 4) is 5.69 Å². The second-order valence-corrected chi connectivity index (χ2v) is 3.72. The summed E-state index contributed by atoms with van der Waals surface area (Å²) >= 11 is 11.6. The van der Waals surface area contributed by atoms with Crippen LogP contribution in [0.4, 0.5) is 0 Å². The highest BCUT2D eigenvalue weighted by Gasteiger charge is 2.05. The minimum atomic E-state index is 0.347. The van der Waals surface area contributed by atoms with Crippen molar-refractivity contribution in [2.24, 2.45) is 0 Å². The molecule has 0 aliphatic carbocycles. The minimum Gasteiger partial charge on any atom is -0.219 e. The van der Waals surface area contributed by atoms with Gasteiger partial charge in [0.05, 0.1) is 11.9 Å². The topological polar surface area (TPSA) is 30.7 Å². The molecule has 3 nitrogen and oxygen atoms in total. The Labute approximate surface area is 96.9 Å². The third-order valence-electron chi connectivity index (χ3n) is 1.92. The van der Waals surface area contributed by atoms with Crippen molar-refractivity contribution in [3.05, 3.63) is 46.7 Å². The summed E-state index contributed by atoms with van der Waals surface area (Å²) in [5.41, 5.74) is 1.72. The Kier molecular flexibility index (Phi) is 2.75. The Hall–Kier alpha value is -1.32. The molecule has 0 fully saturated rings. The zero-order valence-corrected chi connectivity index (χ0v) is 9.20. The van der Waals surface area contributed by atoms with Crippen LogP contribution in [0.1, 0.15) is 5.56 Å². The monoisotopic (exact) mass is 239 g/mol. The molecule has 1 heterocycles. The molecule has 0 aliphatic heterocycles. The van der Waals surface area contributed by atoms with Gasteiger partial charge >= 0.3 is 0 Å². The molecule has 76 valence electrons. The van der Waals surface area contributed by atoms with Crippen molar-refractivity contribution in [3.63, 3.8) is 0 Å². The van der Waals surface area contributed by atoms with Crippen molar-refractivity contribution < 1.29 is 0 Å². The molecule has 1 aromatic carbocycles. The summed E-state index contributed by atoms with van der Waals surface area (Å²) in [4.78, 5) is 0. The summed E-state index contributed by atoms with van der Waals surface area (Å²) in [6, 6.07) is 5.42. The highest BCUT2D eigenvalue weighted by Crippen LogP contribution is 2.20. The standard InChI is InChI=1S/C10H7Cl2N3/c1-2-7-5-8(11)3-4-9(7)15-6-10(12)13-14-15/h2-6H,1H2. The number of aromatic nitrogens is 3. The van der Waals surface area contributed by atoms with Crippen LogP contribution in [0.5, 0.6) is 0 Å². The second kappa shape index (κ2) is 4.04. The van der Waals surface area contributed by atoms with Crippen LogP contribution in [-0.2, 0) is 0 Å². The van der Waals surface area contributed by atoms with Crippen LogP contribution < -0.4 is 0 Å². The molecule has 0 saturated heterocycles. The summed E-state index contributed by atoms with van der Waals surface area (Å²) in [7, 11) is 0. The lowest BCUT2D eigenvalue weighted by atomic mass is 10.2. The third-order valence-corrected chi connectivity index (χ3v) is 2.33. The lowest BCUT2D eigenvalue weighted by Gasteiger charge is -2.04. The van der Waals surface area contributed by atoms with Crippen LogP contribution in [0, 0.1) is 0 Å². The van der Waals surface area contributed by atoms with Gasteiger partial charge in [0.15, 0.2) is 5.15 Å². The van der Waals surface area contributed by atoms with E-state index in [0.717, 1.165) is 11.3 Å². The average Bonchev–Trinajstić information content (AvgIpc) is 2.64. The number of halogens is 2. The smallest absolute Gasteiger partial charge is 0.171 e. The van der Waals surface area contributed by atoms with Crippen molar-refractivity contribution in [1.82, 2.24) is 15.0 Å². The maximum atomic E-state index is 5.87. The first-order valence-corrected chi connectivity index (χ1v) is 4.96. The van der Waals surface area contributed by atoms with Gasteiger partial charge in [-0.05, 0) is 18.2 Å². The van der Waals surface area contributed by atoms with Crippen LogP contribution in [0.15, 0.2) is 31.0 Å². The Morgan fingerprint density at radius 3 is 2.73 bits per heavy atom. The van der Waals surface area contributed by atoms with Crippen LogP contribution in [0.25, 0.3) is 11.8 Å². The van der Waals surface area contributed by atoms with Crippen LogP contribution in [0.2, 0.25) is 10.2 Å². The molecule has 0 radical (unpaired) electrons. The molecule has 2 aromatic rings. The van der Waals surface area contributed by atoms with E-state index in [9.17, 15) is 0 Å². The normalized spacial score (nSPS) is 10.3. The zero-order valence-electron chi connectivity index (χ0n) is 7.69. The van der Waals surface area contributed by atoms with Gasteiger partial charge in [0.25, 0.3) is 0 Å². The molecule has 15 heavy (non-hydrogen) atoms. The van der Waals surface area contributed by atoms with Gasteiger partial charge in [0, 0.05) is 10.6 Å². The summed E-state index contributed by atoms with van der Waals surface area (Å²) < 4.78 is 1.58. The quantitative estimate of drug-likeness (QED) is 0.806. The van der Waals surface area contributed by atoms with E-state index in [2.05, 4.69) is 16.9 Å². The lowest BCUT2D eigenvalue weighted by molar-refractivity contribution is 0.802.